The number of fused-ring (bicyclic) bond motifs is 3. The van der Waals surface area contributed by atoms with Crippen LogP contribution in [0.5, 0.6) is 0 Å². The third-order valence-corrected chi connectivity index (χ3v) is 2.30. The van der Waals surface area contributed by atoms with Gasteiger partial charge in [-0.3, -0.25) is 0 Å². The largest absolute Gasteiger partial charge is 0.378 e. The maximum Gasteiger partial charge on any atom is 0.0580 e. The Hall–Kier alpha value is -0.0400. The normalized spacial score (nSPS) is 45.0. The maximum absolute atomic E-state index is 5.47. The summed E-state index contributed by atoms with van der Waals surface area (Å²) in [4.78, 5) is 0. The summed E-state index contributed by atoms with van der Waals surface area (Å²) in [6, 6.07) is 0. The van der Waals surface area contributed by atoms with Gasteiger partial charge in [-0.1, -0.05) is 0 Å². The highest BCUT2D eigenvalue weighted by Gasteiger charge is 2.31. The van der Waals surface area contributed by atoms with E-state index in [1.165, 1.54) is 25.7 Å². The lowest BCUT2D eigenvalue weighted by atomic mass is 9.80. The van der Waals surface area contributed by atoms with Gasteiger partial charge in [0.15, 0.2) is 0 Å². The molecule has 8 heavy (non-hydrogen) atoms. The summed E-state index contributed by atoms with van der Waals surface area (Å²) in [6.45, 7) is 1.03. The third-order valence-electron chi connectivity index (χ3n) is 2.30. The van der Waals surface area contributed by atoms with Gasteiger partial charge in [-0.25, -0.2) is 0 Å². The van der Waals surface area contributed by atoms with Crippen LogP contribution in [-0.4, -0.2) is 12.7 Å². The summed E-state index contributed by atoms with van der Waals surface area (Å²) in [5.74, 6) is 1.04. The van der Waals surface area contributed by atoms with E-state index in [0.717, 1.165) is 12.5 Å². The molecule has 3 aliphatic rings. The number of rotatable bonds is 0. The Morgan fingerprint density at radius 2 is 2.12 bits per heavy atom. The molecule has 0 aromatic carbocycles. The van der Waals surface area contributed by atoms with E-state index in [1.807, 2.05) is 0 Å². The van der Waals surface area contributed by atoms with Gasteiger partial charge in [0.1, 0.15) is 0 Å². The molecular weight excluding hydrogens is 100 g/mol. The number of hydrogen-bond donors (Lipinski definition) is 0. The van der Waals surface area contributed by atoms with Crippen molar-refractivity contribution in [3.63, 3.8) is 0 Å². The van der Waals surface area contributed by atoms with Crippen LogP contribution in [0.2, 0.25) is 0 Å². The van der Waals surface area contributed by atoms with Gasteiger partial charge >= 0.3 is 0 Å². The predicted molar refractivity (Wildman–Crippen MR) is 31.7 cm³/mol. The highest BCUT2D eigenvalue weighted by Crippen LogP contribution is 2.36. The summed E-state index contributed by atoms with van der Waals surface area (Å²) in [6.07, 6.45) is 6.12. The molecule has 0 radical (unpaired) electrons. The molecule has 0 N–H and O–H groups in total. The highest BCUT2D eigenvalue weighted by molar-refractivity contribution is 4.82. The molecule has 0 aromatic heterocycles. The van der Waals surface area contributed by atoms with E-state index in [-0.39, 0.29) is 0 Å². The van der Waals surface area contributed by atoms with Crippen LogP contribution in [0.1, 0.15) is 25.7 Å². The van der Waals surface area contributed by atoms with Crippen LogP contribution in [0.3, 0.4) is 0 Å². The fourth-order valence-corrected chi connectivity index (χ4v) is 1.67. The van der Waals surface area contributed by atoms with E-state index in [9.17, 15) is 0 Å². The maximum atomic E-state index is 5.47. The molecule has 46 valence electrons. The second-order valence-electron chi connectivity index (χ2n) is 2.97. The van der Waals surface area contributed by atoms with Crippen molar-refractivity contribution in [2.24, 2.45) is 5.92 Å². The SMILES string of the molecule is C1COC2CC(C1)C2. The lowest BCUT2D eigenvalue weighted by Crippen LogP contribution is -2.27. The van der Waals surface area contributed by atoms with Gasteiger partial charge in [-0.2, -0.15) is 0 Å². The Morgan fingerprint density at radius 1 is 1.25 bits per heavy atom. The first-order valence-corrected chi connectivity index (χ1v) is 3.57. The summed E-state index contributed by atoms with van der Waals surface area (Å²) in [7, 11) is 0. The first kappa shape index (κ1) is 4.80. The van der Waals surface area contributed by atoms with Crippen LogP contribution >= 0.6 is 0 Å². The first-order valence-electron chi connectivity index (χ1n) is 3.57. The minimum atomic E-state index is 0.669. The molecule has 3 rings (SSSR count). The zero-order valence-corrected chi connectivity index (χ0v) is 5.10. The Balaban J connectivity index is 1.95. The van der Waals surface area contributed by atoms with Crippen molar-refractivity contribution in [3.05, 3.63) is 0 Å². The molecule has 2 heterocycles. The summed E-state index contributed by atoms with van der Waals surface area (Å²) < 4.78 is 5.47. The zero-order chi connectivity index (χ0) is 5.40. The third kappa shape index (κ3) is 0.655. The van der Waals surface area contributed by atoms with Crippen molar-refractivity contribution in [2.75, 3.05) is 6.61 Å². The van der Waals surface area contributed by atoms with Crippen molar-refractivity contribution in [2.45, 2.75) is 31.8 Å². The van der Waals surface area contributed by atoms with Gasteiger partial charge in [-0.05, 0) is 31.6 Å². The average Bonchev–Trinajstić information content (AvgIpc) is 1.89. The van der Waals surface area contributed by atoms with Crippen molar-refractivity contribution in [1.82, 2.24) is 0 Å². The second-order valence-corrected chi connectivity index (χ2v) is 2.97. The summed E-state index contributed by atoms with van der Waals surface area (Å²) >= 11 is 0. The first-order chi connectivity index (χ1) is 3.95. The van der Waals surface area contributed by atoms with E-state index in [2.05, 4.69) is 0 Å². The monoisotopic (exact) mass is 112 g/mol. The Labute approximate surface area is 50.0 Å². The molecule has 1 saturated carbocycles. The summed E-state index contributed by atoms with van der Waals surface area (Å²) in [5.41, 5.74) is 0. The lowest BCUT2D eigenvalue weighted by molar-refractivity contribution is -0.00159. The van der Waals surface area contributed by atoms with E-state index in [4.69, 9.17) is 4.74 Å². The Kier molecular flexibility index (Phi) is 1.04. The van der Waals surface area contributed by atoms with Crippen LogP contribution < -0.4 is 0 Å². The molecule has 1 nitrogen and oxygen atoms in total. The van der Waals surface area contributed by atoms with Crippen LogP contribution in [0.4, 0.5) is 0 Å². The van der Waals surface area contributed by atoms with Gasteiger partial charge in [0, 0.05) is 6.61 Å². The quantitative estimate of drug-likeness (QED) is 0.462. The van der Waals surface area contributed by atoms with Crippen molar-refractivity contribution in [3.8, 4) is 0 Å². The zero-order valence-electron chi connectivity index (χ0n) is 5.10. The summed E-state index contributed by atoms with van der Waals surface area (Å²) in [5, 5.41) is 0. The smallest absolute Gasteiger partial charge is 0.0580 e. The van der Waals surface area contributed by atoms with Gasteiger partial charge in [0.2, 0.25) is 0 Å². The van der Waals surface area contributed by atoms with E-state index >= 15 is 0 Å². The van der Waals surface area contributed by atoms with Crippen molar-refractivity contribution < 1.29 is 4.74 Å². The van der Waals surface area contributed by atoms with Crippen LogP contribution in [0, 0.1) is 5.92 Å². The Bertz CT molecular complexity index is 68.9. The minimum absolute atomic E-state index is 0.669. The molecule has 0 amide bonds. The number of ether oxygens (including phenoxy) is 1. The molecular formula is C7H12O. The Morgan fingerprint density at radius 3 is 3.00 bits per heavy atom. The van der Waals surface area contributed by atoms with E-state index < -0.39 is 0 Å². The molecule has 1 heteroatoms. The fraction of sp³-hybridized carbons (Fsp3) is 1.00. The van der Waals surface area contributed by atoms with Gasteiger partial charge in [0.05, 0.1) is 6.10 Å². The van der Waals surface area contributed by atoms with Crippen molar-refractivity contribution in [1.29, 1.82) is 0 Å². The van der Waals surface area contributed by atoms with E-state index in [1.54, 1.807) is 0 Å². The molecule has 0 aromatic rings. The molecule has 0 spiro atoms. The molecule has 3 fully saturated rings. The van der Waals surface area contributed by atoms with E-state index in [0.29, 0.717) is 6.10 Å². The average molecular weight is 112 g/mol. The van der Waals surface area contributed by atoms with Gasteiger partial charge < -0.3 is 4.74 Å². The minimum Gasteiger partial charge on any atom is -0.378 e. The molecule has 0 atom stereocenters. The van der Waals surface area contributed by atoms with Crippen molar-refractivity contribution >= 4 is 0 Å². The predicted octanol–water partition coefficient (Wildman–Crippen LogP) is 1.58. The molecule has 2 aliphatic heterocycles. The van der Waals surface area contributed by atoms with Crippen LogP contribution in [0.15, 0.2) is 0 Å². The molecule has 2 bridgehead atoms. The fourth-order valence-electron chi connectivity index (χ4n) is 1.67. The second kappa shape index (κ2) is 1.73. The van der Waals surface area contributed by atoms with Gasteiger partial charge in [-0.15, -0.1) is 0 Å². The van der Waals surface area contributed by atoms with Crippen LogP contribution in [-0.2, 0) is 4.74 Å². The molecule has 0 unspecified atom stereocenters. The standard InChI is InChI=1S/C7H12O/c1-2-6-4-7(5-6)8-3-1/h6-7H,1-5H2. The lowest BCUT2D eigenvalue weighted by Gasteiger charge is -2.30. The molecule has 2 saturated heterocycles. The molecule has 1 aliphatic carbocycles. The van der Waals surface area contributed by atoms with Gasteiger partial charge in [0.25, 0.3) is 0 Å². The number of hydrogen-bond acceptors (Lipinski definition) is 1. The van der Waals surface area contributed by atoms with Crippen LogP contribution in [0.25, 0.3) is 0 Å². The topological polar surface area (TPSA) is 9.23 Å². The highest BCUT2D eigenvalue weighted by atomic mass is 16.5.